The number of nitrogens with zero attached hydrogens (tertiary/aromatic N) is 3. The second-order valence-corrected chi connectivity index (χ2v) is 6.46. The molecule has 0 aromatic carbocycles. The maximum absolute atomic E-state index is 5.42. The van der Waals surface area contributed by atoms with E-state index in [2.05, 4.69) is 20.3 Å². The molecule has 0 amide bonds. The van der Waals surface area contributed by atoms with E-state index >= 15 is 0 Å². The molecule has 3 heterocycles. The molecule has 1 unspecified atom stereocenters. The Bertz CT molecular complexity index is 626. The van der Waals surface area contributed by atoms with Gasteiger partial charge >= 0.3 is 0 Å². The number of aromatic nitrogens is 3. The normalized spacial score (nSPS) is 17.8. The van der Waals surface area contributed by atoms with E-state index < -0.39 is 0 Å². The lowest BCUT2D eigenvalue weighted by molar-refractivity contribution is 0.184. The van der Waals surface area contributed by atoms with Crippen LogP contribution in [0.1, 0.15) is 33.6 Å². The van der Waals surface area contributed by atoms with Gasteiger partial charge in [-0.05, 0) is 13.3 Å². The molecule has 7 heteroatoms. The van der Waals surface area contributed by atoms with Crippen molar-refractivity contribution < 1.29 is 9.47 Å². The zero-order valence-electron chi connectivity index (χ0n) is 12.8. The molecule has 1 aliphatic heterocycles. The first-order valence-electron chi connectivity index (χ1n) is 7.34. The molecule has 0 aliphatic carbocycles. The largest absolute Gasteiger partial charge is 0.381 e. The van der Waals surface area contributed by atoms with Gasteiger partial charge in [0.1, 0.15) is 17.2 Å². The molecule has 1 atom stereocenters. The highest BCUT2D eigenvalue weighted by Crippen LogP contribution is 2.25. The SMILES string of the molecule is COCc1nc(C)c(CNc2cc(C3CCOC3)ncn2)s1. The second-order valence-electron chi connectivity index (χ2n) is 5.29. The predicted molar refractivity (Wildman–Crippen MR) is 85.1 cm³/mol. The lowest BCUT2D eigenvalue weighted by atomic mass is 10.1. The first-order chi connectivity index (χ1) is 10.8. The Kier molecular flexibility index (Phi) is 4.97. The van der Waals surface area contributed by atoms with Crippen LogP contribution in [-0.2, 0) is 22.6 Å². The van der Waals surface area contributed by atoms with Crippen molar-refractivity contribution in [2.75, 3.05) is 25.6 Å². The number of rotatable bonds is 6. The van der Waals surface area contributed by atoms with Gasteiger partial charge in [-0.25, -0.2) is 15.0 Å². The molecule has 118 valence electrons. The number of methoxy groups -OCH3 is 1. The third kappa shape index (κ3) is 3.60. The predicted octanol–water partition coefficient (Wildman–Crippen LogP) is 2.50. The molecule has 1 saturated heterocycles. The van der Waals surface area contributed by atoms with Gasteiger partial charge in [0.2, 0.25) is 0 Å². The van der Waals surface area contributed by atoms with E-state index in [-0.39, 0.29) is 0 Å². The van der Waals surface area contributed by atoms with E-state index in [0.717, 1.165) is 41.8 Å². The fourth-order valence-electron chi connectivity index (χ4n) is 2.47. The Labute approximate surface area is 133 Å². The number of nitrogens with one attached hydrogen (secondary N) is 1. The topological polar surface area (TPSA) is 69.2 Å². The summed E-state index contributed by atoms with van der Waals surface area (Å²) in [6.07, 6.45) is 2.65. The summed E-state index contributed by atoms with van der Waals surface area (Å²) in [7, 11) is 1.68. The average Bonchev–Trinajstić information content (AvgIpc) is 3.16. The standard InChI is InChI=1S/C15H20N4O2S/c1-10-13(22-15(19-10)8-20-2)6-16-14-5-12(17-9-18-14)11-3-4-21-7-11/h5,9,11H,3-4,6-8H2,1-2H3,(H,16,17,18). The lowest BCUT2D eigenvalue weighted by Crippen LogP contribution is -2.05. The second kappa shape index (κ2) is 7.13. The minimum absolute atomic E-state index is 0.391. The van der Waals surface area contributed by atoms with E-state index in [1.165, 1.54) is 4.88 Å². The fourth-order valence-corrected chi connectivity index (χ4v) is 3.45. The van der Waals surface area contributed by atoms with Gasteiger partial charge in [0.05, 0.1) is 31.1 Å². The fraction of sp³-hybridized carbons (Fsp3) is 0.533. The van der Waals surface area contributed by atoms with Crippen LogP contribution in [0.15, 0.2) is 12.4 Å². The summed E-state index contributed by atoms with van der Waals surface area (Å²) in [5.41, 5.74) is 2.10. The summed E-state index contributed by atoms with van der Waals surface area (Å²) in [4.78, 5) is 14.4. The van der Waals surface area contributed by atoms with Crippen molar-refractivity contribution in [3.05, 3.63) is 33.7 Å². The smallest absolute Gasteiger partial charge is 0.129 e. The Morgan fingerprint density at radius 1 is 1.45 bits per heavy atom. The van der Waals surface area contributed by atoms with Crippen LogP contribution >= 0.6 is 11.3 Å². The number of thiazole rings is 1. The summed E-state index contributed by atoms with van der Waals surface area (Å²) in [6.45, 7) is 4.87. The monoisotopic (exact) mass is 320 g/mol. The van der Waals surface area contributed by atoms with Crippen LogP contribution in [0.25, 0.3) is 0 Å². The van der Waals surface area contributed by atoms with Crippen molar-refractivity contribution in [1.82, 2.24) is 15.0 Å². The molecule has 2 aromatic rings. The van der Waals surface area contributed by atoms with Gasteiger partial charge in [0.15, 0.2) is 0 Å². The lowest BCUT2D eigenvalue weighted by Gasteiger charge is -2.09. The Balaban J connectivity index is 1.64. The summed E-state index contributed by atoms with van der Waals surface area (Å²) in [5.74, 6) is 1.24. The van der Waals surface area contributed by atoms with Gasteiger partial charge in [-0.2, -0.15) is 0 Å². The summed E-state index contributed by atoms with van der Waals surface area (Å²) < 4.78 is 10.5. The van der Waals surface area contributed by atoms with Gasteiger partial charge in [0.25, 0.3) is 0 Å². The Morgan fingerprint density at radius 3 is 3.14 bits per heavy atom. The molecule has 2 aromatic heterocycles. The van der Waals surface area contributed by atoms with E-state index in [9.17, 15) is 0 Å². The first kappa shape index (κ1) is 15.3. The summed E-state index contributed by atoms with van der Waals surface area (Å²) in [6, 6.07) is 2.02. The van der Waals surface area contributed by atoms with Crippen LogP contribution in [0.4, 0.5) is 5.82 Å². The highest BCUT2D eigenvalue weighted by Gasteiger charge is 2.19. The van der Waals surface area contributed by atoms with Crippen molar-refractivity contribution in [3.63, 3.8) is 0 Å². The van der Waals surface area contributed by atoms with Crippen molar-refractivity contribution in [2.24, 2.45) is 0 Å². The molecular formula is C15H20N4O2S. The minimum atomic E-state index is 0.391. The van der Waals surface area contributed by atoms with Gasteiger partial charge < -0.3 is 14.8 Å². The van der Waals surface area contributed by atoms with Crippen molar-refractivity contribution >= 4 is 17.2 Å². The van der Waals surface area contributed by atoms with E-state index in [0.29, 0.717) is 19.1 Å². The zero-order valence-corrected chi connectivity index (χ0v) is 13.7. The van der Waals surface area contributed by atoms with E-state index in [1.807, 2.05) is 13.0 Å². The molecule has 0 spiro atoms. The number of anilines is 1. The molecular weight excluding hydrogens is 300 g/mol. The van der Waals surface area contributed by atoms with Gasteiger partial charge in [-0.15, -0.1) is 11.3 Å². The number of hydrogen-bond donors (Lipinski definition) is 1. The molecule has 6 nitrogen and oxygen atoms in total. The molecule has 22 heavy (non-hydrogen) atoms. The minimum Gasteiger partial charge on any atom is -0.381 e. The number of ether oxygens (including phenoxy) is 2. The first-order valence-corrected chi connectivity index (χ1v) is 8.15. The number of aryl methyl sites for hydroxylation is 1. The number of hydrogen-bond acceptors (Lipinski definition) is 7. The maximum Gasteiger partial charge on any atom is 0.129 e. The molecule has 1 fully saturated rings. The zero-order chi connectivity index (χ0) is 15.4. The molecule has 0 saturated carbocycles. The molecule has 3 rings (SSSR count). The quantitative estimate of drug-likeness (QED) is 0.882. The highest BCUT2D eigenvalue weighted by molar-refractivity contribution is 7.11. The van der Waals surface area contributed by atoms with Gasteiger partial charge in [-0.1, -0.05) is 0 Å². The van der Waals surface area contributed by atoms with E-state index in [1.54, 1.807) is 24.8 Å². The third-order valence-corrected chi connectivity index (χ3v) is 4.80. The highest BCUT2D eigenvalue weighted by atomic mass is 32.1. The van der Waals surface area contributed by atoms with E-state index in [4.69, 9.17) is 9.47 Å². The van der Waals surface area contributed by atoms with Crippen molar-refractivity contribution in [1.29, 1.82) is 0 Å². The Morgan fingerprint density at radius 2 is 2.36 bits per heavy atom. The summed E-state index contributed by atoms with van der Waals surface area (Å²) >= 11 is 1.67. The third-order valence-electron chi connectivity index (χ3n) is 3.67. The molecule has 1 aliphatic rings. The molecule has 0 radical (unpaired) electrons. The molecule has 0 bridgehead atoms. The average molecular weight is 320 g/mol. The van der Waals surface area contributed by atoms with Gasteiger partial charge in [0, 0.05) is 30.6 Å². The summed E-state index contributed by atoms with van der Waals surface area (Å²) in [5, 5.41) is 4.36. The van der Waals surface area contributed by atoms with Crippen molar-refractivity contribution in [2.45, 2.75) is 32.4 Å². The van der Waals surface area contributed by atoms with Crippen LogP contribution in [0.3, 0.4) is 0 Å². The molecule has 1 N–H and O–H groups in total. The van der Waals surface area contributed by atoms with Crippen LogP contribution in [-0.4, -0.2) is 35.3 Å². The van der Waals surface area contributed by atoms with Crippen LogP contribution < -0.4 is 5.32 Å². The van der Waals surface area contributed by atoms with Crippen molar-refractivity contribution in [3.8, 4) is 0 Å². The van der Waals surface area contributed by atoms with Crippen LogP contribution in [0.2, 0.25) is 0 Å². The Hall–Kier alpha value is -1.57. The van der Waals surface area contributed by atoms with Crippen LogP contribution in [0, 0.1) is 6.92 Å². The van der Waals surface area contributed by atoms with Crippen LogP contribution in [0.5, 0.6) is 0 Å². The van der Waals surface area contributed by atoms with Gasteiger partial charge in [-0.3, -0.25) is 0 Å². The maximum atomic E-state index is 5.42.